The van der Waals surface area contributed by atoms with Crippen LogP contribution < -0.4 is 10.3 Å². The largest absolute Gasteiger partial charge is 0.484 e. The minimum atomic E-state index is -0.479. The fourth-order valence-corrected chi connectivity index (χ4v) is 4.75. The molecule has 6 heteroatoms. The van der Waals surface area contributed by atoms with E-state index in [2.05, 4.69) is 13.8 Å². The summed E-state index contributed by atoms with van der Waals surface area (Å²) in [4.78, 5) is 34.1. The van der Waals surface area contributed by atoms with Crippen LogP contribution in [0.15, 0.2) is 102 Å². The Morgan fingerprint density at radius 3 is 2.32 bits per heavy atom. The molecule has 5 rings (SSSR count). The van der Waals surface area contributed by atoms with Gasteiger partial charge in [0.25, 0.3) is 11.5 Å². The normalized spacial score (nSPS) is 12.1. The second kappa shape index (κ2) is 10.9. The molecule has 1 unspecified atom stereocenters. The van der Waals surface area contributed by atoms with Gasteiger partial charge in [-0.3, -0.25) is 14.2 Å². The van der Waals surface area contributed by atoms with Crippen LogP contribution >= 0.6 is 0 Å². The molecule has 0 spiro atoms. The first-order chi connectivity index (χ1) is 18.4. The summed E-state index contributed by atoms with van der Waals surface area (Å²) in [6.45, 7) is 6.45. The van der Waals surface area contributed by atoms with Crippen LogP contribution in [0.1, 0.15) is 32.6 Å². The molecule has 5 aromatic rings. The van der Waals surface area contributed by atoms with Crippen LogP contribution in [0.2, 0.25) is 0 Å². The van der Waals surface area contributed by atoms with Crippen molar-refractivity contribution in [1.82, 2.24) is 14.5 Å². The van der Waals surface area contributed by atoms with E-state index in [1.54, 1.807) is 15.5 Å². The molecule has 0 radical (unpaired) electrons. The number of nitrogens with zero attached hydrogens (tertiary/aromatic N) is 3. The van der Waals surface area contributed by atoms with Crippen molar-refractivity contribution in [2.24, 2.45) is 5.92 Å². The summed E-state index contributed by atoms with van der Waals surface area (Å²) in [6.07, 6.45) is 0. The molecule has 0 bridgehead atoms. The maximum absolute atomic E-state index is 13.9. The third-order valence-corrected chi connectivity index (χ3v) is 6.62. The lowest BCUT2D eigenvalue weighted by Gasteiger charge is -2.32. The number of ether oxygens (including phenoxy) is 1. The van der Waals surface area contributed by atoms with E-state index in [-0.39, 0.29) is 24.0 Å². The van der Waals surface area contributed by atoms with E-state index in [4.69, 9.17) is 9.72 Å². The van der Waals surface area contributed by atoms with Crippen molar-refractivity contribution in [3.63, 3.8) is 0 Å². The summed E-state index contributed by atoms with van der Waals surface area (Å²) in [7, 11) is 0. The first kappa shape index (κ1) is 25.2. The van der Waals surface area contributed by atoms with Crippen molar-refractivity contribution in [3.8, 4) is 11.4 Å². The molecular weight excluding hydrogens is 474 g/mol. The molecule has 38 heavy (non-hydrogen) atoms. The Bertz CT molecular complexity index is 1640. The highest BCUT2D eigenvalue weighted by Crippen LogP contribution is 2.26. The fourth-order valence-electron chi connectivity index (χ4n) is 4.75. The van der Waals surface area contributed by atoms with E-state index in [1.807, 2.05) is 97.9 Å². The van der Waals surface area contributed by atoms with Crippen molar-refractivity contribution in [3.05, 3.63) is 113 Å². The summed E-state index contributed by atoms with van der Waals surface area (Å²) in [5.74, 6) is 1.19. The van der Waals surface area contributed by atoms with Gasteiger partial charge in [-0.2, -0.15) is 0 Å². The van der Waals surface area contributed by atoms with Gasteiger partial charge >= 0.3 is 0 Å². The third-order valence-electron chi connectivity index (χ3n) is 6.62. The molecule has 4 aromatic carbocycles. The van der Waals surface area contributed by atoms with Crippen LogP contribution in [-0.4, -0.2) is 33.5 Å². The predicted molar refractivity (Wildman–Crippen MR) is 152 cm³/mol. The highest BCUT2D eigenvalue weighted by molar-refractivity contribution is 5.85. The second-order valence-corrected chi connectivity index (χ2v) is 9.88. The van der Waals surface area contributed by atoms with Crippen LogP contribution in [0.4, 0.5) is 0 Å². The predicted octanol–water partition coefficient (Wildman–Crippen LogP) is 6.16. The van der Waals surface area contributed by atoms with Crippen molar-refractivity contribution < 1.29 is 9.53 Å². The maximum Gasteiger partial charge on any atom is 0.266 e. The number of para-hydroxylation sites is 2. The van der Waals surface area contributed by atoms with Crippen molar-refractivity contribution in [2.45, 2.75) is 26.8 Å². The summed E-state index contributed by atoms with van der Waals surface area (Å²) in [6, 6.07) is 30.1. The lowest BCUT2D eigenvalue weighted by molar-refractivity contribution is -0.136. The zero-order chi connectivity index (χ0) is 26.6. The van der Waals surface area contributed by atoms with Crippen molar-refractivity contribution >= 4 is 27.6 Å². The molecule has 1 heterocycles. The number of hydrogen-bond acceptors (Lipinski definition) is 4. The maximum atomic E-state index is 13.9. The standard InChI is InChI=1S/C32H31N3O3/c1-22(2)20-34(30(36)21-38-27-13-5-4-6-14-27)23(3)31-33-29-16-10-9-15-28(29)32(37)35(31)26-18-17-24-11-7-8-12-25(24)19-26/h4-19,22-23H,20-21H2,1-3H3. The lowest BCUT2D eigenvalue weighted by Crippen LogP contribution is -2.41. The minimum absolute atomic E-state index is 0.102. The molecule has 192 valence electrons. The quantitative estimate of drug-likeness (QED) is 0.253. The highest BCUT2D eigenvalue weighted by Gasteiger charge is 2.28. The van der Waals surface area contributed by atoms with E-state index in [0.29, 0.717) is 34.7 Å². The van der Waals surface area contributed by atoms with Gasteiger partial charge in [0.1, 0.15) is 11.6 Å². The number of carbonyl (C=O) groups is 1. The van der Waals surface area contributed by atoms with Gasteiger partial charge in [0.05, 0.1) is 22.6 Å². The van der Waals surface area contributed by atoms with Gasteiger partial charge in [-0.25, -0.2) is 4.98 Å². The summed E-state index contributed by atoms with van der Waals surface area (Å²) < 4.78 is 7.44. The monoisotopic (exact) mass is 505 g/mol. The van der Waals surface area contributed by atoms with Gasteiger partial charge in [-0.15, -0.1) is 0 Å². The number of carbonyl (C=O) groups excluding carboxylic acids is 1. The van der Waals surface area contributed by atoms with Gasteiger partial charge in [-0.05, 0) is 60.0 Å². The number of benzene rings is 4. The van der Waals surface area contributed by atoms with Crippen molar-refractivity contribution in [1.29, 1.82) is 0 Å². The summed E-state index contributed by atoms with van der Waals surface area (Å²) in [5.41, 5.74) is 1.16. The smallest absolute Gasteiger partial charge is 0.266 e. The van der Waals surface area contributed by atoms with Gasteiger partial charge in [0.15, 0.2) is 6.61 Å². The molecule has 1 amide bonds. The van der Waals surface area contributed by atoms with Crippen LogP contribution in [0.5, 0.6) is 5.75 Å². The van der Waals surface area contributed by atoms with Crippen LogP contribution in [-0.2, 0) is 4.79 Å². The Kier molecular flexibility index (Phi) is 7.22. The average Bonchev–Trinajstić information content (AvgIpc) is 2.94. The molecule has 0 aliphatic rings. The molecule has 0 fully saturated rings. The molecule has 0 aliphatic carbocycles. The van der Waals surface area contributed by atoms with Crippen LogP contribution in [0.3, 0.4) is 0 Å². The highest BCUT2D eigenvalue weighted by atomic mass is 16.5. The van der Waals surface area contributed by atoms with E-state index in [9.17, 15) is 9.59 Å². The summed E-state index contributed by atoms with van der Waals surface area (Å²) >= 11 is 0. The van der Waals surface area contributed by atoms with E-state index < -0.39 is 6.04 Å². The molecular formula is C32H31N3O3. The molecule has 0 saturated heterocycles. The molecule has 0 N–H and O–H groups in total. The molecule has 0 saturated carbocycles. The van der Waals surface area contributed by atoms with Crippen molar-refractivity contribution in [2.75, 3.05) is 13.2 Å². The molecule has 1 atom stereocenters. The van der Waals surface area contributed by atoms with E-state index in [0.717, 1.165) is 10.8 Å². The number of rotatable bonds is 8. The lowest BCUT2D eigenvalue weighted by atomic mass is 10.1. The van der Waals surface area contributed by atoms with Gasteiger partial charge in [-0.1, -0.05) is 74.5 Å². The van der Waals surface area contributed by atoms with Gasteiger partial charge < -0.3 is 9.64 Å². The number of aromatic nitrogens is 2. The minimum Gasteiger partial charge on any atom is -0.484 e. The average molecular weight is 506 g/mol. The Hall–Kier alpha value is -4.45. The van der Waals surface area contributed by atoms with Crippen LogP contribution in [0, 0.1) is 5.92 Å². The fraction of sp³-hybridized carbons (Fsp3) is 0.219. The summed E-state index contributed by atoms with van der Waals surface area (Å²) in [5, 5.41) is 2.64. The van der Waals surface area contributed by atoms with E-state index >= 15 is 0 Å². The van der Waals surface area contributed by atoms with Gasteiger partial charge in [0.2, 0.25) is 0 Å². The second-order valence-electron chi connectivity index (χ2n) is 9.88. The first-order valence-electron chi connectivity index (χ1n) is 12.9. The zero-order valence-electron chi connectivity index (χ0n) is 21.9. The molecule has 0 aliphatic heterocycles. The Balaban J connectivity index is 1.61. The Morgan fingerprint density at radius 1 is 0.868 bits per heavy atom. The topological polar surface area (TPSA) is 64.4 Å². The van der Waals surface area contributed by atoms with Gasteiger partial charge in [0, 0.05) is 6.54 Å². The van der Waals surface area contributed by atoms with Crippen LogP contribution in [0.25, 0.3) is 27.4 Å². The zero-order valence-corrected chi connectivity index (χ0v) is 21.9. The third kappa shape index (κ3) is 5.16. The SMILES string of the molecule is CC(C)CN(C(=O)COc1ccccc1)C(C)c1nc2ccccc2c(=O)n1-c1ccc2ccccc2c1. The van der Waals surface area contributed by atoms with E-state index in [1.165, 1.54) is 0 Å². The Morgan fingerprint density at radius 2 is 1.55 bits per heavy atom. The number of fused-ring (bicyclic) bond motifs is 2. The number of hydrogen-bond donors (Lipinski definition) is 0. The first-order valence-corrected chi connectivity index (χ1v) is 12.9. The molecule has 6 nitrogen and oxygen atoms in total. The molecule has 1 aromatic heterocycles. The number of amides is 1. The Labute approximate surface area is 222 Å².